The van der Waals surface area contributed by atoms with Crippen LogP contribution in [0.3, 0.4) is 0 Å². The zero-order valence-corrected chi connectivity index (χ0v) is 29.9. The zero-order chi connectivity index (χ0) is 36.6. The lowest BCUT2D eigenvalue weighted by Gasteiger charge is -2.11. The molecule has 0 saturated heterocycles. The highest BCUT2D eigenvalue weighted by atomic mass is 15.0. The number of aromatic nitrogens is 4. The Labute approximate surface area is 319 Å². The molecule has 0 unspecified atom stereocenters. The highest BCUT2D eigenvalue weighted by Gasteiger charge is 2.17. The van der Waals surface area contributed by atoms with Gasteiger partial charge >= 0.3 is 0 Å². The Bertz CT molecular complexity index is 2930. The van der Waals surface area contributed by atoms with E-state index in [0.29, 0.717) is 17.5 Å². The Morgan fingerprint density at radius 1 is 0.255 bits per heavy atom. The van der Waals surface area contributed by atoms with Crippen molar-refractivity contribution < 1.29 is 0 Å². The van der Waals surface area contributed by atoms with Gasteiger partial charge in [-0.3, -0.25) is 0 Å². The van der Waals surface area contributed by atoms with E-state index in [0.717, 1.165) is 44.5 Å². The Balaban J connectivity index is 1.07. The van der Waals surface area contributed by atoms with E-state index in [1.54, 1.807) is 0 Å². The molecule has 4 nitrogen and oxygen atoms in total. The van der Waals surface area contributed by atoms with Crippen LogP contribution >= 0.6 is 0 Å². The van der Waals surface area contributed by atoms with Crippen molar-refractivity contribution in [1.29, 1.82) is 0 Å². The number of hydrogen-bond donors (Lipinski definition) is 0. The summed E-state index contributed by atoms with van der Waals surface area (Å²) in [5.74, 6) is 1.89. The van der Waals surface area contributed by atoms with Crippen molar-refractivity contribution in [2.75, 3.05) is 0 Å². The van der Waals surface area contributed by atoms with Crippen LogP contribution in [-0.2, 0) is 0 Å². The standard InChI is InChI=1S/C51H34N4/c1-4-13-35(14-5-1)37-27-30-44(31-28-37)55-47-22-11-10-21-45(47)46-32-29-43(34-48(46)55)51-53-49(39-17-8-3-9-18-39)52-50(54-51)40-25-23-38(24-26-40)42-20-12-19-41(33-42)36-15-6-2-7-16-36/h1-34H. The quantitative estimate of drug-likeness (QED) is 0.166. The van der Waals surface area contributed by atoms with Gasteiger partial charge in [0, 0.05) is 33.2 Å². The lowest BCUT2D eigenvalue weighted by Crippen LogP contribution is -2.00. The van der Waals surface area contributed by atoms with Gasteiger partial charge in [0.05, 0.1) is 11.0 Å². The van der Waals surface area contributed by atoms with Crippen LogP contribution in [0.15, 0.2) is 206 Å². The number of hydrogen-bond acceptors (Lipinski definition) is 3. The number of benzene rings is 8. The van der Waals surface area contributed by atoms with Crippen molar-refractivity contribution in [2.45, 2.75) is 0 Å². The fourth-order valence-corrected chi connectivity index (χ4v) is 7.49. The average Bonchev–Trinajstić information content (AvgIpc) is 3.61. The van der Waals surface area contributed by atoms with Crippen LogP contribution in [0.25, 0.3) is 95.0 Å². The second kappa shape index (κ2) is 13.8. The monoisotopic (exact) mass is 702 g/mol. The largest absolute Gasteiger partial charge is 0.309 e. The number of rotatable bonds is 7. The summed E-state index contributed by atoms with van der Waals surface area (Å²) in [7, 11) is 0. The van der Waals surface area contributed by atoms with Crippen LogP contribution in [-0.4, -0.2) is 19.5 Å². The Morgan fingerprint density at radius 2 is 0.655 bits per heavy atom. The molecule has 0 aliphatic rings. The van der Waals surface area contributed by atoms with Crippen molar-refractivity contribution in [1.82, 2.24) is 19.5 Å². The Hall–Kier alpha value is -7.43. The van der Waals surface area contributed by atoms with Crippen LogP contribution < -0.4 is 0 Å². The van der Waals surface area contributed by atoms with Gasteiger partial charge in [0.2, 0.25) is 0 Å². The minimum absolute atomic E-state index is 0.627. The molecule has 0 amide bonds. The molecule has 0 atom stereocenters. The topological polar surface area (TPSA) is 43.6 Å². The predicted octanol–water partition coefficient (Wildman–Crippen LogP) is 13.0. The van der Waals surface area contributed by atoms with Crippen molar-refractivity contribution in [2.24, 2.45) is 0 Å². The minimum atomic E-state index is 0.627. The molecule has 0 saturated carbocycles. The summed E-state index contributed by atoms with van der Waals surface area (Å²) in [5, 5.41) is 2.38. The van der Waals surface area contributed by atoms with Crippen LogP contribution in [0.4, 0.5) is 0 Å². The highest BCUT2D eigenvalue weighted by molar-refractivity contribution is 6.10. The van der Waals surface area contributed by atoms with Gasteiger partial charge in [0.15, 0.2) is 17.5 Å². The van der Waals surface area contributed by atoms with Crippen LogP contribution in [0.2, 0.25) is 0 Å². The number of nitrogens with zero attached hydrogens (tertiary/aromatic N) is 4. The normalized spacial score (nSPS) is 11.3. The zero-order valence-electron chi connectivity index (χ0n) is 29.9. The van der Waals surface area contributed by atoms with Crippen LogP contribution in [0.5, 0.6) is 0 Å². The minimum Gasteiger partial charge on any atom is -0.309 e. The van der Waals surface area contributed by atoms with E-state index in [-0.39, 0.29) is 0 Å². The van der Waals surface area contributed by atoms with Gasteiger partial charge in [-0.15, -0.1) is 0 Å². The molecule has 0 aliphatic carbocycles. The van der Waals surface area contributed by atoms with Gasteiger partial charge < -0.3 is 4.57 Å². The van der Waals surface area contributed by atoms with Crippen molar-refractivity contribution in [3.05, 3.63) is 206 Å². The molecule has 2 aromatic heterocycles. The molecular weight excluding hydrogens is 669 g/mol. The van der Waals surface area contributed by atoms with E-state index >= 15 is 0 Å². The lowest BCUT2D eigenvalue weighted by molar-refractivity contribution is 1.07. The second-order valence-corrected chi connectivity index (χ2v) is 13.7. The predicted molar refractivity (Wildman–Crippen MR) is 227 cm³/mol. The van der Waals surface area contributed by atoms with Crippen LogP contribution in [0, 0.1) is 0 Å². The number of para-hydroxylation sites is 1. The molecule has 10 rings (SSSR count). The number of fused-ring (bicyclic) bond motifs is 3. The molecular formula is C51H34N4. The Kier molecular flexibility index (Phi) is 8.12. The maximum absolute atomic E-state index is 5.13. The Morgan fingerprint density at radius 3 is 1.29 bits per heavy atom. The van der Waals surface area contributed by atoms with Gasteiger partial charge in [-0.2, -0.15) is 0 Å². The highest BCUT2D eigenvalue weighted by Crippen LogP contribution is 2.36. The first-order valence-corrected chi connectivity index (χ1v) is 18.5. The fourth-order valence-electron chi connectivity index (χ4n) is 7.49. The smallest absolute Gasteiger partial charge is 0.164 e. The molecule has 0 aliphatic heterocycles. The van der Waals surface area contributed by atoms with Gasteiger partial charge in [-0.1, -0.05) is 176 Å². The molecule has 258 valence electrons. The summed E-state index contributed by atoms with van der Waals surface area (Å²) in [6.07, 6.45) is 0. The fraction of sp³-hybridized carbons (Fsp3) is 0. The first kappa shape index (κ1) is 32.2. The van der Waals surface area contributed by atoms with Gasteiger partial charge in [0.1, 0.15) is 0 Å². The van der Waals surface area contributed by atoms with Crippen molar-refractivity contribution in [3.63, 3.8) is 0 Å². The van der Waals surface area contributed by atoms with Crippen molar-refractivity contribution in [3.8, 4) is 73.2 Å². The maximum Gasteiger partial charge on any atom is 0.164 e. The molecule has 2 heterocycles. The third-order valence-electron chi connectivity index (χ3n) is 10.3. The summed E-state index contributed by atoms with van der Waals surface area (Å²) >= 11 is 0. The molecule has 0 N–H and O–H groups in total. The third kappa shape index (κ3) is 6.16. The maximum atomic E-state index is 5.13. The van der Waals surface area contributed by atoms with Crippen molar-refractivity contribution >= 4 is 21.8 Å². The summed E-state index contributed by atoms with van der Waals surface area (Å²) < 4.78 is 2.34. The molecule has 0 spiro atoms. The second-order valence-electron chi connectivity index (χ2n) is 13.7. The first-order valence-electron chi connectivity index (χ1n) is 18.5. The van der Waals surface area contributed by atoms with Crippen LogP contribution in [0.1, 0.15) is 0 Å². The average molecular weight is 703 g/mol. The molecule has 0 radical (unpaired) electrons. The summed E-state index contributed by atoms with van der Waals surface area (Å²) in [6.45, 7) is 0. The van der Waals surface area contributed by atoms with E-state index in [9.17, 15) is 0 Å². The first-order chi connectivity index (χ1) is 27.2. The lowest BCUT2D eigenvalue weighted by atomic mass is 9.98. The van der Waals surface area contributed by atoms with E-state index < -0.39 is 0 Å². The summed E-state index contributed by atoms with van der Waals surface area (Å²) in [6, 6.07) is 72.3. The van der Waals surface area contributed by atoms with Gasteiger partial charge in [0.25, 0.3) is 0 Å². The molecule has 0 bridgehead atoms. The van der Waals surface area contributed by atoms with E-state index in [2.05, 4.69) is 174 Å². The SMILES string of the molecule is c1ccc(-c2ccc(-n3c4ccccc4c4ccc(-c5nc(-c6ccccc6)nc(-c6ccc(-c7cccc(-c8ccccc8)c7)cc6)n5)cc43)cc2)cc1. The van der Waals surface area contributed by atoms with E-state index in [1.165, 1.54) is 33.0 Å². The molecule has 10 aromatic rings. The molecule has 55 heavy (non-hydrogen) atoms. The summed E-state index contributed by atoms with van der Waals surface area (Å²) in [5.41, 5.74) is 13.2. The van der Waals surface area contributed by atoms with Gasteiger partial charge in [-0.25, -0.2) is 15.0 Å². The third-order valence-corrected chi connectivity index (χ3v) is 10.3. The van der Waals surface area contributed by atoms with E-state index in [1.807, 2.05) is 36.4 Å². The molecule has 0 fully saturated rings. The van der Waals surface area contributed by atoms with Gasteiger partial charge in [-0.05, 0) is 63.7 Å². The molecule has 8 aromatic carbocycles. The summed E-state index contributed by atoms with van der Waals surface area (Å²) in [4.78, 5) is 15.2. The molecule has 4 heteroatoms. The van der Waals surface area contributed by atoms with E-state index in [4.69, 9.17) is 15.0 Å².